The summed E-state index contributed by atoms with van der Waals surface area (Å²) in [5.41, 5.74) is 3.08. The molecule has 0 aromatic heterocycles. The molecule has 2 atom stereocenters. The standard InChI is InChI=1S/C13H12F3NO2/c1-6-3-9-8(4-7(6)13(14,15)16)12(10(17)18)5-11(12,2)19-9/h3-4H,5H2,1-2H3,(H2,17,18). The van der Waals surface area contributed by atoms with Gasteiger partial charge < -0.3 is 10.5 Å². The molecule has 19 heavy (non-hydrogen) atoms. The summed E-state index contributed by atoms with van der Waals surface area (Å²) in [6, 6.07) is 2.34. The molecule has 1 fully saturated rings. The van der Waals surface area contributed by atoms with Crippen LogP contribution in [0.3, 0.4) is 0 Å². The molecule has 0 spiro atoms. The Morgan fingerprint density at radius 2 is 2.05 bits per heavy atom. The van der Waals surface area contributed by atoms with Crippen molar-refractivity contribution in [2.45, 2.75) is 37.5 Å². The summed E-state index contributed by atoms with van der Waals surface area (Å²) in [5.74, 6) is -0.302. The largest absolute Gasteiger partial charge is 0.486 e. The van der Waals surface area contributed by atoms with Gasteiger partial charge in [0.25, 0.3) is 0 Å². The molecule has 3 nitrogen and oxygen atoms in total. The minimum absolute atomic E-state index is 0.0794. The zero-order valence-electron chi connectivity index (χ0n) is 10.4. The lowest BCUT2D eigenvalue weighted by Gasteiger charge is -2.15. The Morgan fingerprint density at radius 3 is 2.58 bits per heavy atom. The zero-order chi connectivity index (χ0) is 14.2. The fourth-order valence-corrected chi connectivity index (χ4v) is 3.09. The summed E-state index contributed by atoms with van der Waals surface area (Å²) >= 11 is 0. The van der Waals surface area contributed by atoms with E-state index in [4.69, 9.17) is 10.5 Å². The molecule has 1 aromatic rings. The number of alkyl halides is 3. The van der Waals surface area contributed by atoms with Gasteiger partial charge in [-0.2, -0.15) is 13.2 Å². The van der Waals surface area contributed by atoms with E-state index in [-0.39, 0.29) is 11.1 Å². The molecule has 1 aromatic carbocycles. The average molecular weight is 271 g/mol. The summed E-state index contributed by atoms with van der Waals surface area (Å²) in [4.78, 5) is 11.6. The maximum absolute atomic E-state index is 12.9. The van der Waals surface area contributed by atoms with Gasteiger partial charge >= 0.3 is 6.18 Å². The van der Waals surface area contributed by atoms with Crippen molar-refractivity contribution in [1.82, 2.24) is 0 Å². The second-order valence-corrected chi connectivity index (χ2v) is 5.44. The third-order valence-electron chi connectivity index (χ3n) is 4.23. The van der Waals surface area contributed by atoms with E-state index < -0.39 is 28.7 Å². The van der Waals surface area contributed by atoms with E-state index in [2.05, 4.69) is 0 Å². The molecule has 0 bridgehead atoms. The quantitative estimate of drug-likeness (QED) is 0.852. The number of hydrogen-bond donors (Lipinski definition) is 1. The number of halogens is 3. The van der Waals surface area contributed by atoms with Crippen LogP contribution in [0.5, 0.6) is 5.75 Å². The number of aryl methyl sites for hydroxylation is 1. The van der Waals surface area contributed by atoms with Crippen molar-refractivity contribution in [3.8, 4) is 5.75 Å². The molecule has 102 valence electrons. The summed E-state index contributed by atoms with van der Waals surface area (Å²) in [6.45, 7) is 3.07. The highest BCUT2D eigenvalue weighted by atomic mass is 19.4. The van der Waals surface area contributed by atoms with E-state index in [0.717, 1.165) is 6.07 Å². The summed E-state index contributed by atoms with van der Waals surface area (Å²) in [7, 11) is 0. The fraction of sp³-hybridized carbons (Fsp3) is 0.462. The van der Waals surface area contributed by atoms with Crippen molar-refractivity contribution in [1.29, 1.82) is 0 Å². The van der Waals surface area contributed by atoms with Gasteiger partial charge in [-0.15, -0.1) is 0 Å². The molecule has 1 aliphatic heterocycles. The first-order chi connectivity index (χ1) is 8.62. The summed E-state index contributed by atoms with van der Waals surface area (Å²) in [6.07, 6.45) is -4.12. The van der Waals surface area contributed by atoms with Crippen LogP contribution >= 0.6 is 0 Å². The minimum Gasteiger partial charge on any atom is -0.486 e. The fourth-order valence-electron chi connectivity index (χ4n) is 3.09. The molecule has 2 N–H and O–H groups in total. The Labute approximate surface area is 107 Å². The molecule has 2 unspecified atom stereocenters. The van der Waals surface area contributed by atoms with Gasteiger partial charge in [0, 0.05) is 12.0 Å². The van der Waals surface area contributed by atoms with Crippen LogP contribution in [0.15, 0.2) is 12.1 Å². The number of benzene rings is 1. The smallest absolute Gasteiger partial charge is 0.416 e. The predicted octanol–water partition coefficient (Wildman–Crippen LogP) is 2.29. The van der Waals surface area contributed by atoms with Crippen LogP contribution in [0.25, 0.3) is 0 Å². The summed E-state index contributed by atoms with van der Waals surface area (Å²) in [5, 5.41) is 0. The van der Waals surface area contributed by atoms with Crippen molar-refractivity contribution in [3.05, 3.63) is 28.8 Å². The second kappa shape index (κ2) is 3.05. The number of ether oxygens (including phenoxy) is 1. The van der Waals surface area contributed by atoms with Crippen molar-refractivity contribution in [2.24, 2.45) is 5.73 Å². The van der Waals surface area contributed by atoms with Crippen LogP contribution in [0, 0.1) is 6.92 Å². The van der Waals surface area contributed by atoms with Gasteiger partial charge in [0.2, 0.25) is 5.91 Å². The topological polar surface area (TPSA) is 52.3 Å². The Hall–Kier alpha value is -1.72. The number of carbonyl (C=O) groups excluding carboxylic acids is 1. The highest BCUT2D eigenvalue weighted by Gasteiger charge is 2.76. The third-order valence-corrected chi connectivity index (χ3v) is 4.23. The molecule has 0 radical (unpaired) electrons. The maximum atomic E-state index is 12.9. The Morgan fingerprint density at radius 1 is 1.42 bits per heavy atom. The lowest BCUT2D eigenvalue weighted by atomic mass is 9.90. The van der Waals surface area contributed by atoms with Crippen LogP contribution in [-0.2, 0) is 16.4 Å². The van der Waals surface area contributed by atoms with Gasteiger partial charge in [-0.1, -0.05) is 0 Å². The molecule has 1 amide bonds. The minimum atomic E-state index is -4.45. The van der Waals surface area contributed by atoms with E-state index in [1.165, 1.54) is 13.0 Å². The van der Waals surface area contributed by atoms with Crippen LogP contribution in [0.4, 0.5) is 13.2 Å². The molecular weight excluding hydrogens is 259 g/mol. The molecule has 0 saturated heterocycles. The van der Waals surface area contributed by atoms with Gasteiger partial charge in [0.15, 0.2) is 0 Å². The highest BCUT2D eigenvalue weighted by molar-refractivity contribution is 5.95. The number of nitrogens with two attached hydrogens (primary N) is 1. The number of amides is 1. The van der Waals surface area contributed by atoms with Crippen molar-refractivity contribution < 1.29 is 22.7 Å². The van der Waals surface area contributed by atoms with Crippen LogP contribution in [-0.4, -0.2) is 11.5 Å². The van der Waals surface area contributed by atoms with Crippen molar-refractivity contribution in [2.75, 3.05) is 0 Å². The first kappa shape index (κ1) is 12.3. The lowest BCUT2D eigenvalue weighted by molar-refractivity contribution is -0.138. The van der Waals surface area contributed by atoms with Crippen LogP contribution in [0.1, 0.15) is 30.0 Å². The molecule has 3 rings (SSSR count). The van der Waals surface area contributed by atoms with Gasteiger partial charge in [-0.05, 0) is 31.5 Å². The normalized spacial score (nSPS) is 31.4. The maximum Gasteiger partial charge on any atom is 0.416 e. The van der Waals surface area contributed by atoms with E-state index in [1.807, 2.05) is 0 Å². The van der Waals surface area contributed by atoms with Gasteiger partial charge in [0.1, 0.15) is 16.8 Å². The first-order valence-corrected chi connectivity index (χ1v) is 5.83. The molecule has 1 heterocycles. The Balaban J connectivity index is 2.22. The zero-order valence-corrected chi connectivity index (χ0v) is 10.4. The molecular formula is C13H12F3NO2. The van der Waals surface area contributed by atoms with Gasteiger partial charge in [-0.3, -0.25) is 4.79 Å². The second-order valence-electron chi connectivity index (χ2n) is 5.44. The van der Waals surface area contributed by atoms with E-state index in [9.17, 15) is 18.0 Å². The molecule has 2 aliphatic rings. The van der Waals surface area contributed by atoms with Crippen LogP contribution in [0.2, 0.25) is 0 Å². The summed E-state index contributed by atoms with van der Waals surface area (Å²) < 4.78 is 44.4. The number of rotatable bonds is 1. The molecule has 1 saturated carbocycles. The van der Waals surface area contributed by atoms with E-state index in [1.54, 1.807) is 6.92 Å². The van der Waals surface area contributed by atoms with Crippen LogP contribution < -0.4 is 10.5 Å². The number of fused-ring (bicyclic) bond motifs is 3. The average Bonchev–Trinajstić information content (AvgIpc) is 2.76. The first-order valence-electron chi connectivity index (χ1n) is 5.83. The van der Waals surface area contributed by atoms with E-state index in [0.29, 0.717) is 12.2 Å². The third kappa shape index (κ3) is 1.31. The highest BCUT2D eigenvalue weighted by Crippen LogP contribution is 2.67. The lowest BCUT2D eigenvalue weighted by Crippen LogP contribution is -2.34. The van der Waals surface area contributed by atoms with Gasteiger partial charge in [-0.25, -0.2) is 0 Å². The monoisotopic (exact) mass is 271 g/mol. The number of hydrogen-bond acceptors (Lipinski definition) is 2. The Bertz CT molecular complexity index is 611. The number of primary amides is 1. The Kier molecular flexibility index (Phi) is 1.98. The van der Waals surface area contributed by atoms with Gasteiger partial charge in [0.05, 0.1) is 5.56 Å². The predicted molar refractivity (Wildman–Crippen MR) is 60.7 cm³/mol. The van der Waals surface area contributed by atoms with Crippen molar-refractivity contribution >= 4 is 5.91 Å². The number of carbonyl (C=O) groups is 1. The SMILES string of the molecule is Cc1cc2c(cc1C(F)(F)F)C1(C(N)=O)CC1(C)O2. The molecule has 6 heteroatoms. The molecule has 1 aliphatic carbocycles. The van der Waals surface area contributed by atoms with E-state index >= 15 is 0 Å². The van der Waals surface area contributed by atoms with Crippen molar-refractivity contribution in [3.63, 3.8) is 0 Å².